The van der Waals surface area contributed by atoms with Gasteiger partial charge in [-0.25, -0.2) is 9.97 Å². The molecule has 1 aromatic rings. The highest BCUT2D eigenvalue weighted by Crippen LogP contribution is 2.14. The number of carbonyl (C=O) groups excluding carboxylic acids is 1. The minimum Gasteiger partial charge on any atom is -0.289 e. The van der Waals surface area contributed by atoms with E-state index in [0.717, 1.165) is 0 Å². The Morgan fingerprint density at radius 1 is 1.64 bits per heavy atom. The minimum absolute atomic E-state index is 0.0646. The lowest BCUT2D eigenvalue weighted by Crippen LogP contribution is -2.31. The molecule has 76 valence electrons. The molecule has 1 N–H and O–H groups in total. The number of alkyl halides is 2. The third kappa shape index (κ3) is 2.88. The van der Waals surface area contributed by atoms with Crippen molar-refractivity contribution in [3.8, 4) is 0 Å². The fourth-order valence-electron chi connectivity index (χ4n) is 0.608. The zero-order chi connectivity index (χ0) is 10.8. The van der Waals surface area contributed by atoms with Crippen molar-refractivity contribution in [2.45, 2.75) is 12.8 Å². The van der Waals surface area contributed by atoms with Gasteiger partial charge in [0.15, 0.2) is 0 Å². The van der Waals surface area contributed by atoms with Crippen LogP contribution in [0.3, 0.4) is 0 Å². The van der Waals surface area contributed by atoms with E-state index in [1.807, 2.05) is 5.32 Å². The van der Waals surface area contributed by atoms with Gasteiger partial charge in [0.05, 0.1) is 0 Å². The van der Waals surface area contributed by atoms with Crippen molar-refractivity contribution in [1.29, 1.82) is 0 Å². The number of anilines is 1. The number of rotatable bonds is 2. The monoisotopic (exact) mass is 221 g/mol. The van der Waals surface area contributed by atoms with Gasteiger partial charge in [0.2, 0.25) is 5.95 Å². The lowest BCUT2D eigenvalue weighted by atomic mass is 10.4. The van der Waals surface area contributed by atoms with Crippen LogP contribution < -0.4 is 5.32 Å². The number of hydrogen-bond donors (Lipinski definition) is 1. The topological polar surface area (TPSA) is 54.9 Å². The summed E-state index contributed by atoms with van der Waals surface area (Å²) in [6.45, 7) is 0.479. The number of aromatic nitrogens is 2. The largest absolute Gasteiger partial charge is 0.322 e. The van der Waals surface area contributed by atoms with E-state index < -0.39 is 11.8 Å². The molecule has 0 aliphatic heterocycles. The van der Waals surface area contributed by atoms with Gasteiger partial charge in [-0.15, -0.1) is 0 Å². The molecule has 1 aromatic heterocycles. The van der Waals surface area contributed by atoms with Gasteiger partial charge in [0.25, 0.3) is 5.91 Å². The van der Waals surface area contributed by atoms with Gasteiger partial charge < -0.3 is 0 Å². The number of amides is 1. The van der Waals surface area contributed by atoms with Crippen molar-refractivity contribution in [3.63, 3.8) is 0 Å². The molecule has 0 atom stereocenters. The molecule has 0 fully saturated rings. The van der Waals surface area contributed by atoms with Crippen LogP contribution in [0.15, 0.2) is 12.3 Å². The molecule has 0 saturated carbocycles. The SMILES string of the molecule is CC(F)(F)C(=O)Nc1nccc(Cl)n1. The van der Waals surface area contributed by atoms with Crippen LogP contribution in [0.2, 0.25) is 5.15 Å². The molecular weight excluding hydrogens is 216 g/mol. The van der Waals surface area contributed by atoms with Crippen LogP contribution in [0.5, 0.6) is 0 Å². The molecule has 0 aromatic carbocycles. The molecule has 1 rings (SSSR count). The number of halogens is 3. The summed E-state index contributed by atoms with van der Waals surface area (Å²) in [6, 6.07) is 1.36. The van der Waals surface area contributed by atoms with E-state index in [1.165, 1.54) is 12.3 Å². The molecule has 0 bridgehead atoms. The van der Waals surface area contributed by atoms with Crippen LogP contribution in [-0.2, 0) is 4.79 Å². The van der Waals surface area contributed by atoms with E-state index in [4.69, 9.17) is 11.6 Å². The molecule has 0 spiro atoms. The molecule has 0 saturated heterocycles. The Balaban J connectivity index is 2.75. The second-order valence-corrected chi connectivity index (χ2v) is 2.93. The van der Waals surface area contributed by atoms with E-state index in [0.29, 0.717) is 6.92 Å². The minimum atomic E-state index is -3.47. The Labute approximate surface area is 83.3 Å². The second-order valence-electron chi connectivity index (χ2n) is 2.55. The van der Waals surface area contributed by atoms with E-state index in [9.17, 15) is 13.6 Å². The maximum absolute atomic E-state index is 12.4. The van der Waals surface area contributed by atoms with Gasteiger partial charge in [-0.05, 0) is 6.07 Å². The van der Waals surface area contributed by atoms with Crippen LogP contribution in [0.4, 0.5) is 14.7 Å². The molecule has 0 aliphatic carbocycles. The number of carbonyl (C=O) groups is 1. The van der Waals surface area contributed by atoms with Crippen molar-refractivity contribution >= 4 is 23.5 Å². The molecule has 14 heavy (non-hydrogen) atoms. The standard InChI is InChI=1S/C7H6ClF2N3O/c1-7(9,10)5(14)13-6-11-3-2-4(8)12-6/h2-3H,1H3,(H,11,12,13,14). The molecule has 0 aliphatic rings. The quantitative estimate of drug-likeness (QED) is 0.774. The van der Waals surface area contributed by atoms with Gasteiger partial charge in [0, 0.05) is 13.1 Å². The Morgan fingerprint density at radius 2 is 2.29 bits per heavy atom. The average Bonchev–Trinajstić information content (AvgIpc) is 2.02. The summed E-state index contributed by atoms with van der Waals surface area (Å²) in [6.07, 6.45) is 1.25. The molecular formula is C7H6ClF2N3O. The van der Waals surface area contributed by atoms with Crippen LogP contribution in [0, 0.1) is 0 Å². The summed E-state index contributed by atoms with van der Waals surface area (Å²) in [7, 11) is 0. The van der Waals surface area contributed by atoms with Gasteiger partial charge in [-0.3, -0.25) is 10.1 Å². The number of nitrogens with zero attached hydrogens (tertiary/aromatic N) is 2. The fraction of sp³-hybridized carbons (Fsp3) is 0.286. The van der Waals surface area contributed by atoms with E-state index >= 15 is 0 Å². The predicted octanol–water partition coefficient (Wildman–Crippen LogP) is 1.72. The maximum Gasteiger partial charge on any atom is 0.322 e. The highest BCUT2D eigenvalue weighted by atomic mass is 35.5. The summed E-state index contributed by atoms with van der Waals surface area (Å²) in [4.78, 5) is 17.8. The van der Waals surface area contributed by atoms with Gasteiger partial charge in [-0.2, -0.15) is 8.78 Å². The van der Waals surface area contributed by atoms with Crippen LogP contribution in [0.25, 0.3) is 0 Å². The first kappa shape index (κ1) is 10.8. The van der Waals surface area contributed by atoms with Crippen LogP contribution in [0.1, 0.15) is 6.92 Å². The van der Waals surface area contributed by atoms with Crippen molar-refractivity contribution < 1.29 is 13.6 Å². The first-order valence-electron chi connectivity index (χ1n) is 3.57. The summed E-state index contributed by atoms with van der Waals surface area (Å²) < 4.78 is 24.8. The average molecular weight is 222 g/mol. The summed E-state index contributed by atoms with van der Waals surface area (Å²) in [5.41, 5.74) is 0. The lowest BCUT2D eigenvalue weighted by molar-refractivity contribution is -0.137. The van der Waals surface area contributed by atoms with Crippen molar-refractivity contribution in [2.75, 3.05) is 5.32 Å². The molecule has 1 amide bonds. The number of nitrogens with one attached hydrogen (secondary N) is 1. The molecule has 7 heteroatoms. The van der Waals surface area contributed by atoms with Gasteiger partial charge in [0.1, 0.15) is 5.15 Å². The number of hydrogen-bond acceptors (Lipinski definition) is 3. The lowest BCUT2D eigenvalue weighted by Gasteiger charge is -2.08. The zero-order valence-corrected chi connectivity index (χ0v) is 7.85. The highest BCUT2D eigenvalue weighted by Gasteiger charge is 2.32. The summed E-state index contributed by atoms with van der Waals surface area (Å²) in [5, 5.41) is 1.89. The fourth-order valence-corrected chi connectivity index (χ4v) is 0.745. The molecule has 1 heterocycles. The highest BCUT2D eigenvalue weighted by molar-refractivity contribution is 6.29. The van der Waals surface area contributed by atoms with Crippen molar-refractivity contribution in [1.82, 2.24) is 9.97 Å². The Bertz CT molecular complexity index is 353. The Morgan fingerprint density at radius 3 is 2.79 bits per heavy atom. The van der Waals surface area contributed by atoms with Crippen molar-refractivity contribution in [2.24, 2.45) is 0 Å². The molecule has 0 radical (unpaired) electrons. The molecule has 4 nitrogen and oxygen atoms in total. The van der Waals surface area contributed by atoms with Gasteiger partial charge >= 0.3 is 5.92 Å². The van der Waals surface area contributed by atoms with Gasteiger partial charge in [-0.1, -0.05) is 11.6 Å². The second kappa shape index (κ2) is 3.83. The predicted molar refractivity (Wildman–Crippen MR) is 46.3 cm³/mol. The maximum atomic E-state index is 12.4. The first-order valence-corrected chi connectivity index (χ1v) is 3.95. The molecule has 0 unspecified atom stereocenters. The zero-order valence-electron chi connectivity index (χ0n) is 7.09. The van der Waals surface area contributed by atoms with Crippen LogP contribution in [-0.4, -0.2) is 21.8 Å². The summed E-state index contributed by atoms with van der Waals surface area (Å²) in [5.74, 6) is -5.19. The Kier molecular flexibility index (Phi) is 2.95. The first-order chi connectivity index (χ1) is 6.39. The van der Waals surface area contributed by atoms with E-state index in [-0.39, 0.29) is 11.1 Å². The van der Waals surface area contributed by atoms with E-state index in [2.05, 4.69) is 9.97 Å². The summed E-state index contributed by atoms with van der Waals surface area (Å²) >= 11 is 5.45. The smallest absolute Gasteiger partial charge is 0.289 e. The van der Waals surface area contributed by atoms with Crippen molar-refractivity contribution in [3.05, 3.63) is 17.4 Å². The third-order valence-corrected chi connectivity index (χ3v) is 1.46. The Hall–Kier alpha value is -1.30. The third-order valence-electron chi connectivity index (χ3n) is 1.25. The normalized spacial score (nSPS) is 11.1. The van der Waals surface area contributed by atoms with E-state index in [1.54, 1.807) is 0 Å². The van der Waals surface area contributed by atoms with Crippen LogP contribution >= 0.6 is 11.6 Å².